The zero-order chi connectivity index (χ0) is 10.7. The van der Waals surface area contributed by atoms with Gasteiger partial charge < -0.3 is 19.9 Å². The van der Waals surface area contributed by atoms with E-state index in [1.807, 2.05) is 0 Å². The number of benzene rings is 1. The molecule has 2 N–H and O–H groups in total. The molecule has 0 saturated carbocycles. The molecular formula is C11H15NO3. The number of hydrogen-bond acceptors (Lipinski definition) is 4. The number of ether oxygens (including phenoxy) is 3. The Labute approximate surface area is 88.9 Å². The molecule has 4 heteroatoms. The highest BCUT2D eigenvalue weighted by molar-refractivity contribution is 5.52. The molecule has 15 heavy (non-hydrogen) atoms. The molecule has 0 unspecified atom stereocenters. The average Bonchev–Trinajstić information content (AvgIpc) is 2.71. The van der Waals surface area contributed by atoms with Gasteiger partial charge in [-0.1, -0.05) is 0 Å². The third-order valence-corrected chi connectivity index (χ3v) is 2.37. The molecule has 4 nitrogen and oxygen atoms in total. The minimum atomic E-state index is 0.112. The van der Waals surface area contributed by atoms with Gasteiger partial charge in [-0.05, 0) is 12.1 Å². The van der Waals surface area contributed by atoms with E-state index >= 15 is 0 Å². The molecule has 1 aromatic carbocycles. The van der Waals surface area contributed by atoms with Crippen LogP contribution in [0.2, 0.25) is 0 Å². The number of nitrogen functional groups attached to an aromatic ring is 1. The van der Waals surface area contributed by atoms with Crippen molar-refractivity contribution in [2.75, 3.05) is 26.1 Å². The fraction of sp³-hybridized carbons (Fsp3) is 0.455. The van der Waals surface area contributed by atoms with Gasteiger partial charge in [-0.2, -0.15) is 0 Å². The van der Waals surface area contributed by atoms with Crippen molar-refractivity contribution in [2.45, 2.75) is 12.5 Å². The van der Waals surface area contributed by atoms with Gasteiger partial charge in [0, 0.05) is 18.2 Å². The third kappa shape index (κ3) is 2.33. The van der Waals surface area contributed by atoms with Gasteiger partial charge in [-0.25, -0.2) is 0 Å². The van der Waals surface area contributed by atoms with Crippen molar-refractivity contribution in [3.63, 3.8) is 0 Å². The summed E-state index contributed by atoms with van der Waals surface area (Å²) in [5.41, 5.74) is 6.36. The molecule has 1 atom stereocenters. The zero-order valence-corrected chi connectivity index (χ0v) is 8.73. The highest BCUT2D eigenvalue weighted by atomic mass is 16.6. The van der Waals surface area contributed by atoms with Gasteiger partial charge in [-0.3, -0.25) is 0 Å². The van der Waals surface area contributed by atoms with E-state index < -0.39 is 0 Å². The summed E-state index contributed by atoms with van der Waals surface area (Å²) >= 11 is 0. The largest absolute Gasteiger partial charge is 0.493 e. The summed E-state index contributed by atoms with van der Waals surface area (Å²) in [6.07, 6.45) is 1.03. The lowest BCUT2D eigenvalue weighted by molar-refractivity contribution is 0.139. The van der Waals surface area contributed by atoms with Crippen LogP contribution in [0.3, 0.4) is 0 Å². The molecule has 0 bridgehead atoms. The molecular weight excluding hydrogens is 194 g/mol. The standard InChI is InChI=1S/C11H15NO3/c1-13-10-3-2-8(12)6-11(10)15-9-4-5-14-7-9/h2-3,6,9H,4-5,7,12H2,1H3/t9-/m1/s1. The normalized spacial score (nSPS) is 20.2. The SMILES string of the molecule is COc1ccc(N)cc1O[C@@H]1CCOC1. The summed E-state index contributed by atoms with van der Waals surface area (Å²) in [6, 6.07) is 5.37. The van der Waals surface area contributed by atoms with Crippen molar-refractivity contribution in [2.24, 2.45) is 0 Å². The molecule has 1 fully saturated rings. The second kappa shape index (κ2) is 4.40. The molecule has 82 valence electrons. The molecule has 0 aromatic heterocycles. The molecule has 0 radical (unpaired) electrons. The number of rotatable bonds is 3. The lowest BCUT2D eigenvalue weighted by atomic mass is 10.2. The maximum Gasteiger partial charge on any atom is 0.163 e. The fourth-order valence-corrected chi connectivity index (χ4v) is 1.57. The van der Waals surface area contributed by atoms with Crippen LogP contribution in [0.25, 0.3) is 0 Å². The summed E-state index contributed by atoms with van der Waals surface area (Å²) in [7, 11) is 1.61. The number of nitrogens with two attached hydrogens (primary N) is 1. The zero-order valence-electron chi connectivity index (χ0n) is 8.73. The molecule has 0 spiro atoms. The van der Waals surface area contributed by atoms with E-state index in [-0.39, 0.29) is 6.10 Å². The second-order valence-electron chi connectivity index (χ2n) is 3.51. The van der Waals surface area contributed by atoms with Gasteiger partial charge in [0.05, 0.1) is 20.3 Å². The highest BCUT2D eigenvalue weighted by Gasteiger charge is 2.18. The van der Waals surface area contributed by atoms with Gasteiger partial charge in [0.25, 0.3) is 0 Å². The van der Waals surface area contributed by atoms with Gasteiger partial charge in [0.15, 0.2) is 11.5 Å². The van der Waals surface area contributed by atoms with Crippen LogP contribution in [0.1, 0.15) is 6.42 Å². The summed E-state index contributed by atoms with van der Waals surface area (Å²) < 4.78 is 16.2. The third-order valence-electron chi connectivity index (χ3n) is 2.37. The lowest BCUT2D eigenvalue weighted by Crippen LogP contribution is -2.16. The molecule has 0 amide bonds. The fourth-order valence-electron chi connectivity index (χ4n) is 1.57. The molecule has 1 aliphatic rings. The molecule has 2 rings (SSSR count). The van der Waals surface area contributed by atoms with Gasteiger partial charge in [-0.15, -0.1) is 0 Å². The highest BCUT2D eigenvalue weighted by Crippen LogP contribution is 2.30. The summed E-state index contributed by atoms with van der Waals surface area (Å²) in [4.78, 5) is 0. The summed E-state index contributed by atoms with van der Waals surface area (Å²) in [6.45, 7) is 1.40. The number of anilines is 1. The molecule has 1 aliphatic heterocycles. The van der Waals surface area contributed by atoms with Crippen molar-refractivity contribution < 1.29 is 14.2 Å². The molecule has 1 heterocycles. The topological polar surface area (TPSA) is 53.7 Å². The predicted molar refractivity (Wildman–Crippen MR) is 57.3 cm³/mol. The molecule has 1 aromatic rings. The Hall–Kier alpha value is -1.42. The Morgan fingerprint density at radius 3 is 2.93 bits per heavy atom. The van der Waals surface area contributed by atoms with Crippen molar-refractivity contribution in [1.82, 2.24) is 0 Å². The van der Waals surface area contributed by atoms with Crippen LogP contribution < -0.4 is 15.2 Å². The maximum atomic E-state index is 5.75. The smallest absolute Gasteiger partial charge is 0.163 e. The first kappa shape index (κ1) is 10.1. The van der Waals surface area contributed by atoms with Crippen LogP contribution in [0.5, 0.6) is 11.5 Å². The van der Waals surface area contributed by atoms with Crippen LogP contribution >= 0.6 is 0 Å². The van der Waals surface area contributed by atoms with Gasteiger partial charge in [0.2, 0.25) is 0 Å². The van der Waals surface area contributed by atoms with Crippen LogP contribution in [0, 0.1) is 0 Å². The van der Waals surface area contributed by atoms with Crippen LogP contribution in [-0.4, -0.2) is 26.4 Å². The van der Waals surface area contributed by atoms with Crippen LogP contribution in [0.15, 0.2) is 18.2 Å². The average molecular weight is 209 g/mol. The summed E-state index contributed by atoms with van der Waals surface area (Å²) in [5.74, 6) is 1.39. The van der Waals surface area contributed by atoms with Crippen LogP contribution in [-0.2, 0) is 4.74 Å². The maximum absolute atomic E-state index is 5.75. The van der Waals surface area contributed by atoms with Crippen molar-refractivity contribution in [1.29, 1.82) is 0 Å². The van der Waals surface area contributed by atoms with E-state index in [9.17, 15) is 0 Å². The number of methoxy groups -OCH3 is 1. The van der Waals surface area contributed by atoms with E-state index in [0.717, 1.165) is 13.0 Å². The first-order valence-corrected chi connectivity index (χ1v) is 4.97. The van der Waals surface area contributed by atoms with Gasteiger partial charge >= 0.3 is 0 Å². The Morgan fingerprint density at radius 2 is 2.27 bits per heavy atom. The van der Waals surface area contributed by atoms with Crippen molar-refractivity contribution >= 4 is 5.69 Å². The number of hydrogen-bond donors (Lipinski definition) is 1. The Morgan fingerprint density at radius 1 is 1.40 bits per heavy atom. The minimum absolute atomic E-state index is 0.112. The minimum Gasteiger partial charge on any atom is -0.493 e. The van der Waals surface area contributed by atoms with Crippen molar-refractivity contribution in [3.8, 4) is 11.5 Å². The van der Waals surface area contributed by atoms with Crippen LogP contribution in [0.4, 0.5) is 5.69 Å². The quantitative estimate of drug-likeness (QED) is 0.765. The Kier molecular flexibility index (Phi) is 2.97. The summed E-state index contributed by atoms with van der Waals surface area (Å²) in [5, 5.41) is 0. The van der Waals surface area contributed by atoms with E-state index in [1.54, 1.807) is 25.3 Å². The van der Waals surface area contributed by atoms with E-state index in [2.05, 4.69) is 0 Å². The monoisotopic (exact) mass is 209 g/mol. The van der Waals surface area contributed by atoms with Crippen molar-refractivity contribution in [3.05, 3.63) is 18.2 Å². The Bertz CT molecular complexity index is 335. The van der Waals surface area contributed by atoms with E-state index in [4.69, 9.17) is 19.9 Å². The van der Waals surface area contributed by atoms with Gasteiger partial charge in [0.1, 0.15) is 6.10 Å². The lowest BCUT2D eigenvalue weighted by Gasteiger charge is -2.15. The Balaban J connectivity index is 2.14. The van der Waals surface area contributed by atoms with E-state index in [1.165, 1.54) is 0 Å². The molecule has 0 aliphatic carbocycles. The van der Waals surface area contributed by atoms with E-state index in [0.29, 0.717) is 23.8 Å². The first-order valence-electron chi connectivity index (χ1n) is 4.97. The predicted octanol–water partition coefficient (Wildman–Crippen LogP) is 1.45. The first-order chi connectivity index (χ1) is 7.29. The second-order valence-corrected chi connectivity index (χ2v) is 3.51. The molecule has 1 saturated heterocycles.